The van der Waals surface area contributed by atoms with Crippen molar-refractivity contribution in [3.05, 3.63) is 0 Å². The normalized spacial score (nSPS) is 14.9. The number of aliphatic hydroxyl groups is 1. The zero-order valence-corrected chi connectivity index (χ0v) is 9.34. The van der Waals surface area contributed by atoms with E-state index >= 15 is 0 Å². The zero-order chi connectivity index (χ0) is 11.0. The first-order valence-corrected chi connectivity index (χ1v) is 5.23. The number of rotatable bonds is 7. The Kier molecular flexibility index (Phi) is 7.42. The fourth-order valence-electron chi connectivity index (χ4n) is 1.10. The number of nitrogens with one attached hydrogen (secondary N) is 2. The first-order valence-electron chi connectivity index (χ1n) is 5.23. The summed E-state index contributed by atoms with van der Waals surface area (Å²) in [4.78, 5) is 11.5. The van der Waals surface area contributed by atoms with Gasteiger partial charge in [-0.2, -0.15) is 0 Å². The molecule has 0 rings (SSSR count). The fourth-order valence-corrected chi connectivity index (χ4v) is 1.10. The van der Waals surface area contributed by atoms with Crippen molar-refractivity contribution in [2.24, 2.45) is 5.92 Å². The maximum atomic E-state index is 11.5. The number of hydrogen-bond acceptors (Lipinski definition) is 3. The molecule has 3 N–H and O–H groups in total. The van der Waals surface area contributed by atoms with Gasteiger partial charge >= 0.3 is 0 Å². The summed E-state index contributed by atoms with van der Waals surface area (Å²) in [5.41, 5.74) is 0. The van der Waals surface area contributed by atoms with Crippen molar-refractivity contribution in [1.82, 2.24) is 10.6 Å². The van der Waals surface area contributed by atoms with Crippen molar-refractivity contribution in [2.45, 2.75) is 33.2 Å². The van der Waals surface area contributed by atoms with Gasteiger partial charge in [0.2, 0.25) is 5.91 Å². The Labute approximate surface area is 86.1 Å². The summed E-state index contributed by atoms with van der Waals surface area (Å²) in [6, 6.07) is 0.0524. The number of carbonyl (C=O) groups excluding carboxylic acids is 1. The molecule has 2 unspecified atom stereocenters. The second-order valence-corrected chi connectivity index (χ2v) is 3.63. The van der Waals surface area contributed by atoms with Gasteiger partial charge in [0.15, 0.2) is 0 Å². The number of amides is 1. The molecule has 84 valence electrons. The molecule has 4 nitrogen and oxygen atoms in total. The smallest absolute Gasteiger partial charge is 0.224 e. The molecule has 0 saturated heterocycles. The van der Waals surface area contributed by atoms with Gasteiger partial charge in [-0.15, -0.1) is 0 Å². The lowest BCUT2D eigenvalue weighted by Crippen LogP contribution is -2.40. The van der Waals surface area contributed by atoms with Crippen molar-refractivity contribution < 1.29 is 9.90 Å². The molecule has 14 heavy (non-hydrogen) atoms. The standard InChI is InChI=1S/C10H22N2O2/c1-4-11-7-8(2)10(14)12-9(3)5-6-13/h8-9,11,13H,4-7H2,1-3H3,(H,12,14). The van der Waals surface area contributed by atoms with E-state index in [1.54, 1.807) is 0 Å². The maximum Gasteiger partial charge on any atom is 0.224 e. The highest BCUT2D eigenvalue weighted by molar-refractivity contribution is 5.78. The number of hydrogen-bond donors (Lipinski definition) is 3. The Morgan fingerprint density at radius 2 is 2.07 bits per heavy atom. The average Bonchev–Trinajstić information content (AvgIpc) is 2.14. The highest BCUT2D eigenvalue weighted by Gasteiger charge is 2.13. The molecule has 0 aromatic carbocycles. The Bertz CT molecular complexity index is 162. The van der Waals surface area contributed by atoms with Crippen LogP contribution in [0.1, 0.15) is 27.2 Å². The van der Waals surface area contributed by atoms with Crippen LogP contribution in [0.15, 0.2) is 0 Å². The van der Waals surface area contributed by atoms with Gasteiger partial charge in [0, 0.05) is 25.1 Å². The minimum absolute atomic E-state index is 0.0175. The number of aliphatic hydroxyl groups excluding tert-OH is 1. The van der Waals surface area contributed by atoms with Crippen molar-refractivity contribution in [3.8, 4) is 0 Å². The molecule has 0 aliphatic heterocycles. The molecule has 4 heteroatoms. The lowest BCUT2D eigenvalue weighted by Gasteiger charge is -2.16. The molecule has 0 bridgehead atoms. The van der Waals surface area contributed by atoms with Crippen LogP contribution in [0.25, 0.3) is 0 Å². The van der Waals surface area contributed by atoms with Gasteiger partial charge in [-0.25, -0.2) is 0 Å². The van der Waals surface area contributed by atoms with E-state index in [1.807, 2.05) is 20.8 Å². The van der Waals surface area contributed by atoms with Crippen molar-refractivity contribution >= 4 is 5.91 Å². The van der Waals surface area contributed by atoms with Crippen molar-refractivity contribution in [2.75, 3.05) is 19.7 Å². The minimum atomic E-state index is -0.0175. The van der Waals surface area contributed by atoms with Crippen molar-refractivity contribution in [3.63, 3.8) is 0 Å². The molecule has 0 aromatic rings. The number of carbonyl (C=O) groups is 1. The van der Waals surface area contributed by atoms with E-state index < -0.39 is 0 Å². The second kappa shape index (κ2) is 7.76. The minimum Gasteiger partial charge on any atom is -0.396 e. The second-order valence-electron chi connectivity index (χ2n) is 3.63. The maximum absolute atomic E-state index is 11.5. The van der Waals surface area contributed by atoms with Crippen LogP contribution in [0.3, 0.4) is 0 Å². The molecular formula is C10H22N2O2. The van der Waals surface area contributed by atoms with Crippen LogP contribution in [-0.2, 0) is 4.79 Å². The van der Waals surface area contributed by atoms with Crippen LogP contribution < -0.4 is 10.6 Å². The van der Waals surface area contributed by atoms with E-state index in [1.165, 1.54) is 0 Å². The molecule has 1 amide bonds. The molecule has 0 aromatic heterocycles. The summed E-state index contributed by atoms with van der Waals surface area (Å²) >= 11 is 0. The monoisotopic (exact) mass is 202 g/mol. The first-order chi connectivity index (χ1) is 6.61. The predicted octanol–water partition coefficient (Wildman–Crippen LogP) is 0.119. The first kappa shape index (κ1) is 13.4. The highest BCUT2D eigenvalue weighted by Crippen LogP contribution is 1.96. The van der Waals surface area contributed by atoms with Crippen molar-refractivity contribution in [1.29, 1.82) is 0 Å². The average molecular weight is 202 g/mol. The van der Waals surface area contributed by atoms with Crippen LogP contribution in [0.2, 0.25) is 0 Å². The zero-order valence-electron chi connectivity index (χ0n) is 9.34. The molecule has 0 saturated carbocycles. The van der Waals surface area contributed by atoms with Crippen LogP contribution in [0, 0.1) is 5.92 Å². The largest absolute Gasteiger partial charge is 0.396 e. The Morgan fingerprint density at radius 1 is 1.43 bits per heavy atom. The third-order valence-corrected chi connectivity index (χ3v) is 2.10. The molecule has 0 fully saturated rings. The van der Waals surface area contributed by atoms with E-state index in [0.717, 1.165) is 6.54 Å². The van der Waals surface area contributed by atoms with Gasteiger partial charge in [-0.1, -0.05) is 13.8 Å². The van der Waals surface area contributed by atoms with Gasteiger partial charge in [0.25, 0.3) is 0 Å². The van der Waals surface area contributed by atoms with Crippen LogP contribution in [-0.4, -0.2) is 36.8 Å². The van der Waals surface area contributed by atoms with Crippen LogP contribution in [0.4, 0.5) is 0 Å². The van der Waals surface area contributed by atoms with Gasteiger partial charge < -0.3 is 15.7 Å². The van der Waals surface area contributed by atoms with Gasteiger partial charge in [-0.3, -0.25) is 4.79 Å². The highest BCUT2D eigenvalue weighted by atomic mass is 16.3. The topological polar surface area (TPSA) is 61.4 Å². The van der Waals surface area contributed by atoms with Crippen LogP contribution >= 0.6 is 0 Å². The van der Waals surface area contributed by atoms with Gasteiger partial charge in [0.1, 0.15) is 0 Å². The molecule has 2 atom stereocenters. The van der Waals surface area contributed by atoms with Gasteiger partial charge in [0.05, 0.1) is 0 Å². The van der Waals surface area contributed by atoms with Crippen LogP contribution in [0.5, 0.6) is 0 Å². The van der Waals surface area contributed by atoms with E-state index in [0.29, 0.717) is 13.0 Å². The third kappa shape index (κ3) is 5.94. The summed E-state index contributed by atoms with van der Waals surface area (Å²) < 4.78 is 0. The third-order valence-electron chi connectivity index (χ3n) is 2.10. The fraction of sp³-hybridized carbons (Fsp3) is 0.900. The summed E-state index contributed by atoms with van der Waals surface area (Å²) in [6.07, 6.45) is 0.611. The summed E-state index contributed by atoms with van der Waals surface area (Å²) in [7, 11) is 0. The molecular weight excluding hydrogens is 180 g/mol. The van der Waals surface area contributed by atoms with E-state index in [-0.39, 0.29) is 24.5 Å². The Hall–Kier alpha value is -0.610. The lowest BCUT2D eigenvalue weighted by molar-refractivity contribution is -0.125. The lowest BCUT2D eigenvalue weighted by atomic mass is 10.1. The Balaban J connectivity index is 3.71. The SMILES string of the molecule is CCNCC(C)C(=O)NC(C)CCO. The van der Waals surface area contributed by atoms with E-state index in [9.17, 15) is 4.79 Å². The molecule has 0 heterocycles. The molecule has 0 aliphatic carbocycles. The molecule has 0 aliphatic rings. The quantitative estimate of drug-likeness (QED) is 0.549. The van der Waals surface area contributed by atoms with E-state index in [2.05, 4.69) is 10.6 Å². The van der Waals surface area contributed by atoms with E-state index in [4.69, 9.17) is 5.11 Å². The Morgan fingerprint density at radius 3 is 2.57 bits per heavy atom. The molecule has 0 radical (unpaired) electrons. The summed E-state index contributed by atoms with van der Waals surface area (Å²) in [6.45, 7) is 7.50. The summed E-state index contributed by atoms with van der Waals surface area (Å²) in [5.74, 6) is 0.0305. The predicted molar refractivity (Wildman–Crippen MR) is 57.0 cm³/mol. The van der Waals surface area contributed by atoms with Gasteiger partial charge in [-0.05, 0) is 19.9 Å². The summed E-state index contributed by atoms with van der Waals surface area (Å²) in [5, 5.41) is 14.6. The molecule has 0 spiro atoms.